The van der Waals surface area contributed by atoms with Crippen molar-refractivity contribution >= 4 is 11.6 Å². The highest BCUT2D eigenvalue weighted by atomic mass is 16.5. The number of unbranched alkanes of at least 4 members (excludes halogenated alkanes) is 2. The molecule has 0 aliphatic rings. The van der Waals surface area contributed by atoms with Gasteiger partial charge in [-0.25, -0.2) is 9.78 Å². The average molecular weight is 380 g/mol. The Hall–Kier alpha value is -3.15. The van der Waals surface area contributed by atoms with Gasteiger partial charge in [-0.05, 0) is 49.2 Å². The molecule has 0 radical (unpaired) electrons. The molecule has 0 amide bonds. The van der Waals surface area contributed by atoms with E-state index in [1.807, 2.05) is 13.0 Å². The molecule has 6 nitrogen and oxygen atoms in total. The molecule has 0 spiro atoms. The van der Waals surface area contributed by atoms with Crippen molar-refractivity contribution in [1.29, 1.82) is 0 Å². The van der Waals surface area contributed by atoms with Crippen LogP contribution in [0.3, 0.4) is 0 Å². The standard InChI is InChI=1S/C22H24N2O4/c1-3-4-5-12-27-19-9-7-17(8-10-19)22(26)28-15-18-13-21(25)24-14-16(2)6-11-20(24)23-18/h6-11,13-14H,3-5,12,15H2,1-2H3. The van der Waals surface area contributed by atoms with Crippen molar-refractivity contribution in [3.05, 3.63) is 75.8 Å². The average Bonchev–Trinajstić information content (AvgIpc) is 2.70. The van der Waals surface area contributed by atoms with Crippen LogP contribution in [-0.4, -0.2) is 22.0 Å². The Morgan fingerprint density at radius 1 is 1.11 bits per heavy atom. The molecule has 0 unspecified atom stereocenters. The third kappa shape index (κ3) is 4.97. The number of nitrogens with zero attached hydrogens (tertiary/aromatic N) is 2. The van der Waals surface area contributed by atoms with Crippen LogP contribution >= 0.6 is 0 Å². The van der Waals surface area contributed by atoms with Gasteiger partial charge in [-0.1, -0.05) is 25.8 Å². The smallest absolute Gasteiger partial charge is 0.338 e. The molecule has 28 heavy (non-hydrogen) atoms. The van der Waals surface area contributed by atoms with Crippen molar-refractivity contribution in [3.63, 3.8) is 0 Å². The molecular weight excluding hydrogens is 356 g/mol. The predicted molar refractivity (Wildman–Crippen MR) is 107 cm³/mol. The first-order chi connectivity index (χ1) is 13.6. The zero-order valence-corrected chi connectivity index (χ0v) is 16.2. The number of esters is 1. The van der Waals surface area contributed by atoms with Gasteiger partial charge < -0.3 is 9.47 Å². The Kier molecular flexibility index (Phi) is 6.42. The normalized spacial score (nSPS) is 10.8. The third-order valence-corrected chi connectivity index (χ3v) is 4.32. The predicted octanol–water partition coefficient (Wildman–Crippen LogP) is 3.93. The summed E-state index contributed by atoms with van der Waals surface area (Å²) in [7, 11) is 0. The third-order valence-electron chi connectivity index (χ3n) is 4.32. The monoisotopic (exact) mass is 380 g/mol. The number of rotatable bonds is 8. The molecule has 0 aliphatic heterocycles. The fourth-order valence-corrected chi connectivity index (χ4v) is 2.78. The highest BCUT2D eigenvalue weighted by Gasteiger charge is 2.10. The van der Waals surface area contributed by atoms with Crippen LogP contribution in [0.2, 0.25) is 0 Å². The number of hydrogen-bond donors (Lipinski definition) is 0. The quantitative estimate of drug-likeness (QED) is 0.437. The van der Waals surface area contributed by atoms with Gasteiger partial charge in [-0.2, -0.15) is 0 Å². The van der Waals surface area contributed by atoms with E-state index < -0.39 is 5.97 Å². The lowest BCUT2D eigenvalue weighted by atomic mass is 10.2. The maximum absolute atomic E-state index is 12.2. The summed E-state index contributed by atoms with van der Waals surface area (Å²) in [5.74, 6) is 0.260. The lowest BCUT2D eigenvalue weighted by Crippen LogP contribution is -2.16. The fraction of sp³-hybridized carbons (Fsp3) is 0.318. The zero-order chi connectivity index (χ0) is 19.9. The molecular formula is C22H24N2O4. The van der Waals surface area contributed by atoms with Crippen LogP contribution in [0.5, 0.6) is 5.75 Å². The summed E-state index contributed by atoms with van der Waals surface area (Å²) in [5.41, 5.74) is 2.12. The van der Waals surface area contributed by atoms with Gasteiger partial charge in [0.2, 0.25) is 0 Å². The molecule has 2 aromatic heterocycles. The van der Waals surface area contributed by atoms with Crippen molar-refractivity contribution in [2.24, 2.45) is 0 Å². The van der Waals surface area contributed by atoms with E-state index in [-0.39, 0.29) is 12.2 Å². The highest BCUT2D eigenvalue weighted by Crippen LogP contribution is 2.14. The van der Waals surface area contributed by atoms with Gasteiger partial charge in [0.15, 0.2) is 0 Å². The summed E-state index contributed by atoms with van der Waals surface area (Å²) < 4.78 is 12.4. The van der Waals surface area contributed by atoms with Crippen LogP contribution in [-0.2, 0) is 11.3 Å². The van der Waals surface area contributed by atoms with Crippen LogP contribution in [0, 0.1) is 6.92 Å². The van der Waals surface area contributed by atoms with Crippen LogP contribution in [0.15, 0.2) is 53.5 Å². The van der Waals surface area contributed by atoms with E-state index in [0.29, 0.717) is 23.5 Å². The summed E-state index contributed by atoms with van der Waals surface area (Å²) in [6.07, 6.45) is 5.02. The van der Waals surface area contributed by atoms with Crippen molar-refractivity contribution in [2.45, 2.75) is 39.7 Å². The van der Waals surface area contributed by atoms with Gasteiger partial charge >= 0.3 is 5.97 Å². The summed E-state index contributed by atoms with van der Waals surface area (Å²) in [5, 5.41) is 0. The van der Waals surface area contributed by atoms with Gasteiger partial charge in [0.25, 0.3) is 5.56 Å². The van der Waals surface area contributed by atoms with Gasteiger partial charge in [-0.3, -0.25) is 9.20 Å². The molecule has 146 valence electrons. The van der Waals surface area contributed by atoms with Crippen LogP contribution in [0.4, 0.5) is 0 Å². The van der Waals surface area contributed by atoms with Gasteiger partial charge in [-0.15, -0.1) is 0 Å². The number of ether oxygens (including phenoxy) is 2. The first-order valence-electron chi connectivity index (χ1n) is 9.46. The molecule has 0 aliphatic carbocycles. The zero-order valence-electron chi connectivity index (χ0n) is 16.2. The maximum Gasteiger partial charge on any atom is 0.338 e. The largest absolute Gasteiger partial charge is 0.494 e. The van der Waals surface area contributed by atoms with Gasteiger partial charge in [0.1, 0.15) is 18.0 Å². The molecule has 2 heterocycles. The first-order valence-corrected chi connectivity index (χ1v) is 9.46. The Labute approximate surface area is 163 Å². The second-order valence-corrected chi connectivity index (χ2v) is 6.68. The number of hydrogen-bond acceptors (Lipinski definition) is 5. The van der Waals surface area contributed by atoms with E-state index in [2.05, 4.69) is 11.9 Å². The Balaban J connectivity index is 1.60. The number of aryl methyl sites for hydroxylation is 1. The van der Waals surface area contributed by atoms with E-state index in [4.69, 9.17) is 9.47 Å². The molecule has 0 saturated heterocycles. The number of fused-ring (bicyclic) bond motifs is 1. The Bertz CT molecular complexity index is 1010. The molecule has 0 saturated carbocycles. The minimum Gasteiger partial charge on any atom is -0.494 e. The van der Waals surface area contributed by atoms with Crippen LogP contribution in [0.1, 0.15) is 47.8 Å². The Morgan fingerprint density at radius 3 is 2.64 bits per heavy atom. The topological polar surface area (TPSA) is 69.9 Å². The first kappa shape index (κ1) is 19.6. The van der Waals surface area contributed by atoms with Crippen LogP contribution < -0.4 is 10.3 Å². The summed E-state index contributed by atoms with van der Waals surface area (Å²) in [6, 6.07) is 11.9. The van der Waals surface area contributed by atoms with E-state index in [9.17, 15) is 9.59 Å². The number of aromatic nitrogens is 2. The Morgan fingerprint density at radius 2 is 1.89 bits per heavy atom. The van der Waals surface area contributed by atoms with Gasteiger partial charge in [0.05, 0.1) is 17.9 Å². The minimum absolute atomic E-state index is 0.0618. The lowest BCUT2D eigenvalue weighted by Gasteiger charge is -2.08. The van der Waals surface area contributed by atoms with E-state index >= 15 is 0 Å². The highest BCUT2D eigenvalue weighted by molar-refractivity contribution is 5.89. The molecule has 0 fully saturated rings. The van der Waals surface area contributed by atoms with Gasteiger partial charge in [0, 0.05) is 12.3 Å². The lowest BCUT2D eigenvalue weighted by molar-refractivity contribution is 0.0467. The summed E-state index contributed by atoms with van der Waals surface area (Å²) in [4.78, 5) is 28.8. The molecule has 3 rings (SSSR count). The number of pyridine rings is 1. The van der Waals surface area contributed by atoms with E-state index in [1.165, 1.54) is 10.5 Å². The van der Waals surface area contributed by atoms with Crippen molar-refractivity contribution < 1.29 is 14.3 Å². The number of carbonyl (C=O) groups excluding carboxylic acids is 1. The summed E-state index contributed by atoms with van der Waals surface area (Å²) >= 11 is 0. The molecule has 0 N–H and O–H groups in total. The molecule has 1 aromatic carbocycles. The van der Waals surface area contributed by atoms with Crippen molar-refractivity contribution in [2.75, 3.05) is 6.61 Å². The maximum atomic E-state index is 12.2. The van der Waals surface area contributed by atoms with E-state index in [0.717, 1.165) is 30.6 Å². The minimum atomic E-state index is -0.469. The fourth-order valence-electron chi connectivity index (χ4n) is 2.78. The van der Waals surface area contributed by atoms with E-state index in [1.54, 1.807) is 36.5 Å². The van der Waals surface area contributed by atoms with Crippen molar-refractivity contribution in [3.8, 4) is 5.75 Å². The van der Waals surface area contributed by atoms with Crippen molar-refractivity contribution in [1.82, 2.24) is 9.38 Å². The molecule has 6 heteroatoms. The number of benzene rings is 1. The summed E-state index contributed by atoms with van der Waals surface area (Å²) in [6.45, 7) is 4.66. The molecule has 0 bridgehead atoms. The number of carbonyl (C=O) groups is 1. The second kappa shape index (κ2) is 9.17. The molecule has 0 atom stereocenters. The second-order valence-electron chi connectivity index (χ2n) is 6.68. The SMILES string of the molecule is CCCCCOc1ccc(C(=O)OCc2cc(=O)n3cc(C)ccc3n2)cc1. The molecule has 3 aromatic rings. The van der Waals surface area contributed by atoms with Crippen LogP contribution in [0.25, 0.3) is 5.65 Å².